The SMILES string of the molecule is CCN/C=C(\Nc1cc(F)ccc1OC)C(=O)OCC. The second-order valence-electron chi connectivity index (χ2n) is 3.81. The normalized spacial score (nSPS) is 10.9. The molecule has 0 fully saturated rings. The number of esters is 1. The van der Waals surface area contributed by atoms with Gasteiger partial charge in [0.1, 0.15) is 17.3 Å². The summed E-state index contributed by atoms with van der Waals surface area (Å²) in [5.41, 5.74) is 0.530. The van der Waals surface area contributed by atoms with Crippen LogP contribution >= 0.6 is 0 Å². The maximum absolute atomic E-state index is 13.3. The molecule has 0 radical (unpaired) electrons. The first kappa shape index (κ1) is 15.8. The van der Waals surface area contributed by atoms with Crippen molar-refractivity contribution in [2.45, 2.75) is 13.8 Å². The fourth-order valence-electron chi connectivity index (χ4n) is 1.48. The highest BCUT2D eigenvalue weighted by atomic mass is 19.1. The van der Waals surface area contributed by atoms with E-state index < -0.39 is 11.8 Å². The topological polar surface area (TPSA) is 59.6 Å². The lowest BCUT2D eigenvalue weighted by atomic mass is 10.2. The standard InChI is InChI=1S/C14H19FN2O3/c1-4-16-9-12(14(18)20-5-2)17-11-8-10(15)6-7-13(11)19-3/h6-9,16-17H,4-5H2,1-3H3/b12-9-. The van der Waals surface area contributed by atoms with Gasteiger partial charge in [-0.1, -0.05) is 0 Å². The molecule has 0 unspecified atom stereocenters. The van der Waals surface area contributed by atoms with Gasteiger partial charge in [-0.3, -0.25) is 0 Å². The summed E-state index contributed by atoms with van der Waals surface area (Å²) in [6.07, 6.45) is 1.49. The smallest absolute Gasteiger partial charge is 0.356 e. The fraction of sp³-hybridized carbons (Fsp3) is 0.357. The molecular formula is C14H19FN2O3. The Bertz CT molecular complexity index is 489. The van der Waals surface area contributed by atoms with Gasteiger partial charge in [-0.05, 0) is 26.0 Å². The Morgan fingerprint density at radius 1 is 1.40 bits per heavy atom. The maximum atomic E-state index is 13.3. The number of nitrogens with one attached hydrogen (secondary N) is 2. The van der Waals surface area contributed by atoms with E-state index in [-0.39, 0.29) is 12.3 Å². The highest BCUT2D eigenvalue weighted by molar-refractivity contribution is 5.92. The largest absolute Gasteiger partial charge is 0.495 e. The number of anilines is 1. The summed E-state index contributed by atoms with van der Waals surface area (Å²) < 4.78 is 23.3. The van der Waals surface area contributed by atoms with Gasteiger partial charge in [0.05, 0.1) is 19.4 Å². The quantitative estimate of drug-likeness (QED) is 0.593. The molecule has 2 N–H and O–H groups in total. The van der Waals surface area contributed by atoms with Crippen LogP contribution in [0.4, 0.5) is 10.1 Å². The number of hydrogen-bond donors (Lipinski definition) is 2. The van der Waals surface area contributed by atoms with E-state index in [4.69, 9.17) is 9.47 Å². The summed E-state index contributed by atoms with van der Waals surface area (Å²) in [5, 5.41) is 5.72. The third-order valence-corrected chi connectivity index (χ3v) is 2.38. The Labute approximate surface area is 117 Å². The number of halogens is 1. The van der Waals surface area contributed by atoms with E-state index in [1.54, 1.807) is 6.92 Å². The lowest BCUT2D eigenvalue weighted by Crippen LogP contribution is -2.19. The molecule has 0 saturated carbocycles. The van der Waals surface area contributed by atoms with Crippen LogP contribution in [0.1, 0.15) is 13.8 Å². The molecule has 1 aromatic carbocycles. The minimum Gasteiger partial charge on any atom is -0.495 e. The van der Waals surface area contributed by atoms with Gasteiger partial charge in [0.2, 0.25) is 0 Å². The molecule has 110 valence electrons. The van der Waals surface area contributed by atoms with Crippen molar-refractivity contribution < 1.29 is 18.7 Å². The first-order valence-corrected chi connectivity index (χ1v) is 6.33. The molecule has 0 atom stereocenters. The van der Waals surface area contributed by atoms with Crippen molar-refractivity contribution in [1.29, 1.82) is 0 Å². The van der Waals surface area contributed by atoms with E-state index in [1.165, 1.54) is 31.5 Å². The summed E-state index contributed by atoms with van der Waals surface area (Å²) in [6, 6.07) is 4.01. The molecule has 1 rings (SSSR count). The summed E-state index contributed by atoms with van der Waals surface area (Å²) in [6.45, 7) is 4.50. The van der Waals surface area contributed by atoms with Gasteiger partial charge in [-0.2, -0.15) is 0 Å². The van der Waals surface area contributed by atoms with E-state index in [9.17, 15) is 9.18 Å². The Morgan fingerprint density at radius 3 is 2.75 bits per heavy atom. The average molecular weight is 282 g/mol. The van der Waals surface area contributed by atoms with Crippen LogP contribution in [0.25, 0.3) is 0 Å². The molecule has 0 bridgehead atoms. The molecule has 0 aromatic heterocycles. The van der Waals surface area contributed by atoms with Crippen LogP contribution in [0.15, 0.2) is 30.1 Å². The molecule has 0 amide bonds. The molecule has 0 saturated heterocycles. The van der Waals surface area contributed by atoms with Gasteiger partial charge >= 0.3 is 5.97 Å². The maximum Gasteiger partial charge on any atom is 0.356 e. The van der Waals surface area contributed by atoms with E-state index in [0.717, 1.165) is 0 Å². The van der Waals surface area contributed by atoms with E-state index in [2.05, 4.69) is 10.6 Å². The van der Waals surface area contributed by atoms with E-state index in [1.807, 2.05) is 6.92 Å². The average Bonchev–Trinajstić information content (AvgIpc) is 2.43. The highest BCUT2D eigenvalue weighted by Crippen LogP contribution is 2.26. The predicted octanol–water partition coefficient (Wildman–Crippen LogP) is 2.26. The monoisotopic (exact) mass is 282 g/mol. The molecule has 0 aliphatic heterocycles. The zero-order valence-electron chi connectivity index (χ0n) is 11.8. The molecule has 6 heteroatoms. The predicted molar refractivity (Wildman–Crippen MR) is 75.0 cm³/mol. The van der Waals surface area contributed by atoms with E-state index in [0.29, 0.717) is 18.0 Å². The van der Waals surface area contributed by atoms with Gasteiger partial charge in [0.25, 0.3) is 0 Å². The van der Waals surface area contributed by atoms with Gasteiger partial charge in [0.15, 0.2) is 0 Å². The molecular weight excluding hydrogens is 263 g/mol. The highest BCUT2D eigenvalue weighted by Gasteiger charge is 2.13. The zero-order chi connectivity index (χ0) is 15.0. The number of ether oxygens (including phenoxy) is 2. The van der Waals surface area contributed by atoms with Gasteiger partial charge in [-0.25, -0.2) is 9.18 Å². The van der Waals surface area contributed by atoms with Crippen molar-refractivity contribution in [3.8, 4) is 5.75 Å². The molecule has 20 heavy (non-hydrogen) atoms. The fourth-order valence-corrected chi connectivity index (χ4v) is 1.48. The third kappa shape index (κ3) is 4.46. The zero-order valence-corrected chi connectivity index (χ0v) is 11.8. The van der Waals surface area contributed by atoms with Crippen LogP contribution in [0.2, 0.25) is 0 Å². The van der Waals surface area contributed by atoms with Crippen molar-refractivity contribution in [1.82, 2.24) is 5.32 Å². The third-order valence-electron chi connectivity index (χ3n) is 2.38. The Balaban J connectivity index is 3.00. The van der Waals surface area contributed by atoms with Crippen molar-refractivity contribution in [2.24, 2.45) is 0 Å². The summed E-state index contributed by atoms with van der Waals surface area (Å²) in [4.78, 5) is 11.8. The number of benzene rings is 1. The molecule has 0 heterocycles. The molecule has 1 aromatic rings. The molecule has 5 nitrogen and oxygen atoms in total. The second kappa shape index (κ2) is 8.04. The van der Waals surface area contributed by atoms with Crippen LogP contribution in [0.5, 0.6) is 5.75 Å². The second-order valence-corrected chi connectivity index (χ2v) is 3.81. The van der Waals surface area contributed by atoms with Crippen LogP contribution in [-0.2, 0) is 9.53 Å². The Hall–Kier alpha value is -2.24. The number of methoxy groups -OCH3 is 1. The number of carbonyl (C=O) groups is 1. The first-order valence-electron chi connectivity index (χ1n) is 6.33. The summed E-state index contributed by atoms with van der Waals surface area (Å²) in [5.74, 6) is -0.530. The lowest BCUT2D eigenvalue weighted by Gasteiger charge is -2.13. The minimum absolute atomic E-state index is 0.178. The minimum atomic E-state index is -0.528. The van der Waals surface area contributed by atoms with Crippen molar-refractivity contribution in [2.75, 3.05) is 25.6 Å². The van der Waals surface area contributed by atoms with Crippen LogP contribution < -0.4 is 15.4 Å². The molecule has 0 aliphatic carbocycles. The lowest BCUT2D eigenvalue weighted by molar-refractivity contribution is -0.138. The van der Waals surface area contributed by atoms with Crippen molar-refractivity contribution in [3.63, 3.8) is 0 Å². The first-order chi connectivity index (χ1) is 9.62. The number of carbonyl (C=O) groups excluding carboxylic acids is 1. The summed E-state index contributed by atoms with van der Waals surface area (Å²) >= 11 is 0. The van der Waals surface area contributed by atoms with Crippen LogP contribution in [-0.4, -0.2) is 26.2 Å². The van der Waals surface area contributed by atoms with E-state index >= 15 is 0 Å². The Morgan fingerprint density at radius 2 is 2.15 bits per heavy atom. The number of hydrogen-bond acceptors (Lipinski definition) is 5. The number of rotatable bonds is 7. The molecule has 0 aliphatic rings. The van der Waals surface area contributed by atoms with Crippen LogP contribution in [0, 0.1) is 5.82 Å². The summed E-state index contributed by atoms with van der Waals surface area (Å²) in [7, 11) is 1.47. The molecule has 0 spiro atoms. The van der Waals surface area contributed by atoms with Crippen molar-refractivity contribution in [3.05, 3.63) is 35.9 Å². The van der Waals surface area contributed by atoms with Gasteiger partial charge in [0, 0.05) is 18.8 Å². The Kier molecular flexibility index (Phi) is 6.36. The van der Waals surface area contributed by atoms with Gasteiger partial charge < -0.3 is 20.1 Å². The van der Waals surface area contributed by atoms with Crippen LogP contribution in [0.3, 0.4) is 0 Å². The van der Waals surface area contributed by atoms with Gasteiger partial charge in [-0.15, -0.1) is 0 Å². The van der Waals surface area contributed by atoms with Crippen molar-refractivity contribution >= 4 is 11.7 Å².